The molecule has 3 heterocycles. The second-order valence-corrected chi connectivity index (χ2v) is 9.93. The number of aryl methyl sites for hydroxylation is 1. The summed E-state index contributed by atoms with van der Waals surface area (Å²) in [5.41, 5.74) is -0.545. The van der Waals surface area contributed by atoms with E-state index >= 15 is 0 Å². The van der Waals surface area contributed by atoms with E-state index in [9.17, 15) is 9.59 Å². The van der Waals surface area contributed by atoms with Gasteiger partial charge in [0.05, 0.1) is 13.2 Å². The average molecular weight is 462 g/mol. The number of likely N-dealkylation sites (tertiary alicyclic amines) is 1. The Labute approximate surface area is 196 Å². The van der Waals surface area contributed by atoms with Crippen LogP contribution in [0, 0.1) is 5.92 Å². The zero-order valence-corrected chi connectivity index (χ0v) is 20.0. The molecule has 1 aromatic heterocycles. The first-order chi connectivity index (χ1) is 16.0. The first kappa shape index (κ1) is 24.1. The molecule has 2 saturated heterocycles. The van der Waals surface area contributed by atoms with Gasteiger partial charge in [-0.2, -0.15) is 4.98 Å². The molecule has 9 nitrogen and oxygen atoms in total. The highest BCUT2D eigenvalue weighted by Crippen LogP contribution is 2.34. The summed E-state index contributed by atoms with van der Waals surface area (Å²) in [6.07, 6.45) is 8.97. The Morgan fingerprint density at radius 2 is 1.76 bits per heavy atom. The summed E-state index contributed by atoms with van der Waals surface area (Å²) in [6.45, 7) is 8.02. The highest BCUT2D eigenvalue weighted by Gasteiger charge is 2.38. The largest absolute Gasteiger partial charge is 0.379 e. The van der Waals surface area contributed by atoms with Gasteiger partial charge in [0.25, 0.3) is 0 Å². The number of aromatic nitrogens is 2. The van der Waals surface area contributed by atoms with Crippen molar-refractivity contribution in [3.63, 3.8) is 0 Å². The summed E-state index contributed by atoms with van der Waals surface area (Å²) in [6, 6.07) is 0. The van der Waals surface area contributed by atoms with Gasteiger partial charge in [-0.05, 0) is 31.6 Å². The third-order valence-electron chi connectivity index (χ3n) is 7.41. The Hall–Kier alpha value is -2.00. The smallest absolute Gasteiger partial charge is 0.227 e. The maximum Gasteiger partial charge on any atom is 0.227 e. The fraction of sp³-hybridized carbons (Fsp3) is 0.833. The minimum atomic E-state index is -0.545. The van der Waals surface area contributed by atoms with Gasteiger partial charge in [-0.3, -0.25) is 14.5 Å². The number of hydrogen-bond acceptors (Lipinski definition) is 7. The lowest BCUT2D eigenvalue weighted by Crippen LogP contribution is -2.45. The number of piperidine rings is 1. The van der Waals surface area contributed by atoms with Crippen molar-refractivity contribution in [3.8, 4) is 0 Å². The summed E-state index contributed by atoms with van der Waals surface area (Å²) in [7, 11) is 0. The Morgan fingerprint density at radius 3 is 2.42 bits per heavy atom. The highest BCUT2D eigenvalue weighted by molar-refractivity contribution is 5.76. The first-order valence-corrected chi connectivity index (χ1v) is 12.7. The Bertz CT molecular complexity index is 776. The van der Waals surface area contributed by atoms with Crippen molar-refractivity contribution >= 4 is 11.8 Å². The molecule has 1 saturated carbocycles. The molecule has 2 aliphatic heterocycles. The summed E-state index contributed by atoms with van der Waals surface area (Å²) >= 11 is 0. The standard InChI is InChI=1S/C24H39N5O4/c1-19(30)26-24(10-4-2-3-5-11-24)23-25-21(33-27-23)6-7-22(31)29-12-8-20(9-13-29)18-28-14-16-32-17-15-28/h20H,2-18H2,1H3,(H,26,30). The monoisotopic (exact) mass is 461 g/mol. The van der Waals surface area contributed by atoms with Crippen LogP contribution in [-0.4, -0.2) is 77.7 Å². The topological polar surface area (TPSA) is 101 Å². The molecule has 184 valence electrons. The molecule has 3 aliphatic rings. The molecule has 1 N–H and O–H groups in total. The van der Waals surface area contributed by atoms with Crippen LogP contribution in [0.15, 0.2) is 4.52 Å². The predicted octanol–water partition coefficient (Wildman–Crippen LogP) is 2.26. The highest BCUT2D eigenvalue weighted by atomic mass is 16.5. The van der Waals surface area contributed by atoms with Gasteiger partial charge in [0, 0.05) is 52.5 Å². The number of hydrogen-bond donors (Lipinski definition) is 1. The van der Waals surface area contributed by atoms with Crippen LogP contribution in [0.25, 0.3) is 0 Å². The number of carbonyl (C=O) groups excluding carboxylic acids is 2. The lowest BCUT2D eigenvalue weighted by Gasteiger charge is -2.36. The van der Waals surface area contributed by atoms with Gasteiger partial charge in [-0.15, -0.1) is 0 Å². The van der Waals surface area contributed by atoms with Crippen molar-refractivity contribution in [2.75, 3.05) is 45.9 Å². The van der Waals surface area contributed by atoms with Crippen LogP contribution in [0.4, 0.5) is 0 Å². The zero-order valence-electron chi connectivity index (χ0n) is 20.0. The molecule has 1 aromatic rings. The summed E-state index contributed by atoms with van der Waals surface area (Å²) in [5.74, 6) is 1.79. The third-order valence-corrected chi connectivity index (χ3v) is 7.41. The molecular formula is C24H39N5O4. The predicted molar refractivity (Wildman–Crippen MR) is 122 cm³/mol. The number of ether oxygens (including phenoxy) is 1. The fourth-order valence-corrected chi connectivity index (χ4v) is 5.51. The fourth-order valence-electron chi connectivity index (χ4n) is 5.51. The number of morpholine rings is 1. The Balaban J connectivity index is 1.25. The molecule has 0 radical (unpaired) electrons. The summed E-state index contributed by atoms with van der Waals surface area (Å²) in [5, 5.41) is 7.33. The molecule has 0 unspecified atom stereocenters. The normalized spacial score (nSPS) is 22.6. The van der Waals surface area contributed by atoms with E-state index in [1.54, 1.807) is 0 Å². The van der Waals surface area contributed by atoms with Crippen LogP contribution >= 0.6 is 0 Å². The van der Waals surface area contributed by atoms with Crippen LogP contribution in [0.1, 0.15) is 76.4 Å². The van der Waals surface area contributed by atoms with Gasteiger partial charge in [-0.25, -0.2) is 0 Å². The van der Waals surface area contributed by atoms with E-state index in [-0.39, 0.29) is 11.8 Å². The molecule has 0 bridgehead atoms. The van der Waals surface area contributed by atoms with E-state index in [0.717, 1.165) is 97.3 Å². The minimum Gasteiger partial charge on any atom is -0.379 e. The average Bonchev–Trinajstić information content (AvgIpc) is 3.18. The van der Waals surface area contributed by atoms with Gasteiger partial charge < -0.3 is 19.5 Å². The summed E-state index contributed by atoms with van der Waals surface area (Å²) < 4.78 is 10.9. The van der Waals surface area contributed by atoms with E-state index in [1.807, 2.05) is 4.90 Å². The van der Waals surface area contributed by atoms with E-state index in [4.69, 9.17) is 9.26 Å². The van der Waals surface area contributed by atoms with E-state index in [0.29, 0.717) is 30.5 Å². The van der Waals surface area contributed by atoms with Gasteiger partial charge in [-0.1, -0.05) is 30.8 Å². The number of nitrogens with one attached hydrogen (secondary N) is 1. The molecule has 0 spiro atoms. The quantitative estimate of drug-likeness (QED) is 0.622. The number of amides is 2. The Kier molecular flexibility index (Phi) is 8.35. The van der Waals surface area contributed by atoms with Gasteiger partial charge in [0.15, 0.2) is 5.82 Å². The molecule has 1 aliphatic carbocycles. The van der Waals surface area contributed by atoms with Crippen molar-refractivity contribution in [1.29, 1.82) is 0 Å². The van der Waals surface area contributed by atoms with Crippen molar-refractivity contribution in [2.24, 2.45) is 5.92 Å². The second kappa shape index (κ2) is 11.4. The van der Waals surface area contributed by atoms with Crippen LogP contribution in [-0.2, 0) is 26.3 Å². The molecule has 33 heavy (non-hydrogen) atoms. The zero-order chi connectivity index (χ0) is 23.1. The van der Waals surface area contributed by atoms with Crippen LogP contribution in [0.5, 0.6) is 0 Å². The van der Waals surface area contributed by atoms with Crippen LogP contribution in [0.3, 0.4) is 0 Å². The molecule has 0 atom stereocenters. The van der Waals surface area contributed by atoms with Crippen molar-refractivity contribution < 1.29 is 18.8 Å². The minimum absolute atomic E-state index is 0.0737. The van der Waals surface area contributed by atoms with Gasteiger partial charge in [0.1, 0.15) is 5.54 Å². The van der Waals surface area contributed by atoms with E-state index in [2.05, 4.69) is 20.4 Å². The number of rotatable bonds is 7. The second-order valence-electron chi connectivity index (χ2n) is 9.93. The van der Waals surface area contributed by atoms with Crippen LogP contribution < -0.4 is 5.32 Å². The lowest BCUT2D eigenvalue weighted by atomic mass is 9.89. The maximum absolute atomic E-state index is 12.8. The summed E-state index contributed by atoms with van der Waals surface area (Å²) in [4.78, 5) is 33.7. The van der Waals surface area contributed by atoms with Crippen molar-refractivity contribution in [1.82, 2.24) is 25.3 Å². The molecule has 3 fully saturated rings. The SMILES string of the molecule is CC(=O)NC1(c2noc(CCC(=O)N3CCC(CN4CCOCC4)CC3)n2)CCCCCC1. The first-order valence-electron chi connectivity index (χ1n) is 12.7. The Morgan fingerprint density at radius 1 is 1.06 bits per heavy atom. The third kappa shape index (κ3) is 6.53. The number of nitrogens with zero attached hydrogens (tertiary/aromatic N) is 4. The van der Waals surface area contributed by atoms with Gasteiger partial charge >= 0.3 is 0 Å². The van der Waals surface area contributed by atoms with E-state index in [1.165, 1.54) is 6.92 Å². The molecule has 2 amide bonds. The lowest BCUT2D eigenvalue weighted by molar-refractivity contribution is -0.132. The van der Waals surface area contributed by atoms with Crippen LogP contribution in [0.2, 0.25) is 0 Å². The van der Waals surface area contributed by atoms with Crippen molar-refractivity contribution in [2.45, 2.75) is 76.7 Å². The molecule has 9 heteroatoms. The van der Waals surface area contributed by atoms with Crippen molar-refractivity contribution in [3.05, 3.63) is 11.7 Å². The van der Waals surface area contributed by atoms with E-state index < -0.39 is 5.54 Å². The maximum atomic E-state index is 12.8. The number of carbonyl (C=O) groups is 2. The molecule has 0 aromatic carbocycles. The molecular weight excluding hydrogens is 422 g/mol. The molecule has 4 rings (SSSR count). The van der Waals surface area contributed by atoms with Gasteiger partial charge in [0.2, 0.25) is 17.7 Å².